The fourth-order valence-electron chi connectivity index (χ4n) is 5.16. The fraction of sp³-hybridized carbons (Fsp3) is 0.520. The van der Waals surface area contributed by atoms with Gasteiger partial charge in [-0.05, 0) is 87.5 Å². The first kappa shape index (κ1) is 22.1. The highest BCUT2D eigenvalue weighted by Crippen LogP contribution is 2.38. The van der Waals surface area contributed by atoms with E-state index in [1.807, 2.05) is 31.2 Å². The van der Waals surface area contributed by atoms with Gasteiger partial charge in [-0.1, -0.05) is 0 Å². The minimum absolute atomic E-state index is 0.138. The number of fused-ring (bicyclic) bond motifs is 2. The van der Waals surface area contributed by atoms with Crippen LogP contribution >= 0.6 is 10.0 Å². The Hall–Kier alpha value is -2.07. The molecule has 3 heterocycles. The van der Waals surface area contributed by atoms with Gasteiger partial charge in [0, 0.05) is 34.7 Å². The minimum Gasteiger partial charge on any atom is -0.391 e. The van der Waals surface area contributed by atoms with Crippen molar-refractivity contribution in [3.05, 3.63) is 52.8 Å². The molecule has 2 aromatic rings. The number of ketones is 1. The predicted molar refractivity (Wildman–Crippen MR) is 128 cm³/mol. The lowest BCUT2D eigenvalue weighted by atomic mass is 9.98. The summed E-state index contributed by atoms with van der Waals surface area (Å²) in [6.45, 7) is 2.40. The molecule has 2 aliphatic heterocycles. The molecule has 5 nitrogen and oxygen atoms in total. The van der Waals surface area contributed by atoms with E-state index in [9.17, 15) is 9.90 Å². The normalized spacial score (nSPS) is 23.8. The van der Waals surface area contributed by atoms with E-state index in [1.54, 1.807) is 0 Å². The number of carbonyl (C=O) groups is 1. The Kier molecular flexibility index (Phi) is 6.04. The third kappa shape index (κ3) is 4.45. The number of Topliss-reactive ketones (excluding diaryl/α,β-unsaturated/α-hetero) is 1. The zero-order valence-electron chi connectivity index (χ0n) is 19.0. The van der Waals surface area contributed by atoms with E-state index in [2.05, 4.69) is 40.4 Å². The largest absolute Gasteiger partial charge is 0.391 e. The van der Waals surface area contributed by atoms with E-state index in [4.69, 9.17) is 5.26 Å². The van der Waals surface area contributed by atoms with Gasteiger partial charge in [0.25, 0.3) is 0 Å². The van der Waals surface area contributed by atoms with Gasteiger partial charge < -0.3 is 9.67 Å². The fourth-order valence-corrected chi connectivity index (χ4v) is 5.98. The number of rotatable bonds is 7. The zero-order chi connectivity index (χ0) is 22.3. The number of nitrogens with zero attached hydrogens (tertiary/aromatic N) is 3. The number of carbonyl (C=O) groups excluding carboxylic acids is 1. The van der Waals surface area contributed by atoms with Gasteiger partial charge in [0.15, 0.2) is 5.78 Å². The van der Waals surface area contributed by atoms with Crippen LogP contribution in [-0.4, -0.2) is 69.6 Å². The number of aryl methyl sites for hydroxylation is 1. The number of benzene rings is 1. The third-order valence-corrected chi connectivity index (χ3v) is 8.25. The highest BCUT2D eigenvalue weighted by atomic mass is 32.3. The minimum atomic E-state index is -0.664. The molecule has 2 aliphatic rings. The Morgan fingerprint density at radius 1 is 1.23 bits per heavy atom. The van der Waals surface area contributed by atoms with Crippen molar-refractivity contribution < 1.29 is 9.90 Å². The zero-order valence-corrected chi connectivity index (χ0v) is 19.8. The van der Waals surface area contributed by atoms with Crippen LogP contribution < -0.4 is 0 Å². The molecular formula is C25H33N3O2S. The summed E-state index contributed by atoms with van der Waals surface area (Å²) in [4.78, 5) is 15.6. The van der Waals surface area contributed by atoms with E-state index in [0.717, 1.165) is 54.1 Å². The van der Waals surface area contributed by atoms with Gasteiger partial charge in [0.2, 0.25) is 0 Å². The van der Waals surface area contributed by atoms with Crippen LogP contribution in [0.5, 0.6) is 0 Å². The highest BCUT2D eigenvalue weighted by molar-refractivity contribution is 8.32. The van der Waals surface area contributed by atoms with Crippen molar-refractivity contribution in [2.24, 2.45) is 0 Å². The first-order valence-corrected chi connectivity index (χ1v) is 14.1. The molecule has 0 aliphatic carbocycles. The van der Waals surface area contributed by atoms with Gasteiger partial charge in [-0.2, -0.15) is 5.26 Å². The smallest absolute Gasteiger partial charge is 0.178 e. The van der Waals surface area contributed by atoms with Crippen molar-refractivity contribution in [3.63, 3.8) is 0 Å². The molecule has 1 N–H and O–H groups in total. The molecule has 0 radical (unpaired) electrons. The second-order valence-electron chi connectivity index (χ2n) is 9.87. The van der Waals surface area contributed by atoms with Crippen molar-refractivity contribution >= 4 is 15.8 Å². The average Bonchev–Trinajstić information content (AvgIpc) is 3.35. The molecule has 1 aromatic carbocycles. The van der Waals surface area contributed by atoms with Crippen LogP contribution in [0.2, 0.25) is 0 Å². The van der Waals surface area contributed by atoms with Crippen LogP contribution in [0.1, 0.15) is 46.6 Å². The summed E-state index contributed by atoms with van der Waals surface area (Å²) >= 11 is 0. The Bertz CT molecular complexity index is 1010. The summed E-state index contributed by atoms with van der Waals surface area (Å²) in [5.74, 6) is 1.24. The third-order valence-electron chi connectivity index (χ3n) is 6.82. The van der Waals surface area contributed by atoms with Crippen LogP contribution in [0, 0.1) is 18.3 Å². The molecule has 166 valence electrons. The molecule has 2 saturated heterocycles. The maximum absolute atomic E-state index is 13.4. The number of aliphatic hydroxyl groups excluding tert-OH is 1. The summed E-state index contributed by atoms with van der Waals surface area (Å²) in [5, 5.41) is 19.4. The quantitative estimate of drug-likeness (QED) is 0.668. The maximum Gasteiger partial charge on any atom is 0.178 e. The topological polar surface area (TPSA) is 69.3 Å². The van der Waals surface area contributed by atoms with Crippen molar-refractivity contribution in [2.45, 2.75) is 50.8 Å². The molecule has 3 atom stereocenters. The van der Waals surface area contributed by atoms with Crippen LogP contribution in [0.15, 0.2) is 30.3 Å². The standard InChI is InChI=1S/C25H33N3O2S/c1-17-22(25(30)16-27-20-9-10-23(27)24(29)14-20)13-21(11-12-31(2,3)4)28(17)19-7-5-18(15-26)6-8-19/h5-8,13,20,23-24,29H,9-12,14,16H2,1-4H3/t20?,23?,24-/m0/s1. The van der Waals surface area contributed by atoms with Crippen molar-refractivity contribution in [1.82, 2.24) is 9.47 Å². The molecule has 2 fully saturated rings. The first-order chi connectivity index (χ1) is 14.7. The lowest BCUT2D eigenvalue weighted by Gasteiger charge is -2.25. The second kappa shape index (κ2) is 8.46. The molecule has 31 heavy (non-hydrogen) atoms. The van der Waals surface area contributed by atoms with Gasteiger partial charge in [-0.15, -0.1) is 0 Å². The monoisotopic (exact) mass is 439 g/mol. The average molecular weight is 440 g/mol. The molecule has 6 heteroatoms. The summed E-state index contributed by atoms with van der Waals surface area (Å²) < 4.78 is 2.19. The summed E-state index contributed by atoms with van der Waals surface area (Å²) in [6.07, 6.45) is 10.4. The number of hydrogen-bond donors (Lipinski definition) is 1. The number of nitriles is 1. The van der Waals surface area contributed by atoms with Crippen molar-refractivity contribution in [1.29, 1.82) is 5.26 Å². The lowest BCUT2D eigenvalue weighted by Crippen LogP contribution is -2.36. The van der Waals surface area contributed by atoms with E-state index in [0.29, 0.717) is 18.2 Å². The Morgan fingerprint density at radius 2 is 1.94 bits per heavy atom. The number of aromatic nitrogens is 1. The summed E-state index contributed by atoms with van der Waals surface area (Å²) in [6, 6.07) is 12.3. The number of hydrogen-bond acceptors (Lipinski definition) is 4. The van der Waals surface area contributed by atoms with E-state index in [1.165, 1.54) is 0 Å². The van der Waals surface area contributed by atoms with Crippen LogP contribution in [0.3, 0.4) is 0 Å². The van der Waals surface area contributed by atoms with Gasteiger partial charge in [-0.3, -0.25) is 9.69 Å². The molecule has 4 rings (SSSR count). The number of aliphatic hydroxyl groups is 1. The van der Waals surface area contributed by atoms with E-state index >= 15 is 0 Å². The van der Waals surface area contributed by atoms with Crippen molar-refractivity contribution in [3.8, 4) is 11.8 Å². The summed E-state index contributed by atoms with van der Waals surface area (Å²) in [7, 11) is -0.664. The Balaban J connectivity index is 1.65. The van der Waals surface area contributed by atoms with Gasteiger partial charge in [0.05, 0.1) is 24.3 Å². The molecule has 0 amide bonds. The van der Waals surface area contributed by atoms with Crippen molar-refractivity contribution in [2.75, 3.05) is 31.1 Å². The van der Waals surface area contributed by atoms with E-state index in [-0.39, 0.29) is 17.9 Å². The molecule has 2 bridgehead atoms. The highest BCUT2D eigenvalue weighted by Gasteiger charge is 2.46. The van der Waals surface area contributed by atoms with Gasteiger partial charge in [0.1, 0.15) is 0 Å². The first-order valence-electron chi connectivity index (χ1n) is 11.0. The predicted octanol–water partition coefficient (Wildman–Crippen LogP) is 3.67. The van der Waals surface area contributed by atoms with Crippen LogP contribution in [0.4, 0.5) is 0 Å². The molecule has 1 aromatic heterocycles. The van der Waals surface area contributed by atoms with Gasteiger partial charge in [-0.25, -0.2) is 10.0 Å². The van der Waals surface area contributed by atoms with Crippen LogP contribution in [-0.2, 0) is 6.42 Å². The Morgan fingerprint density at radius 3 is 2.48 bits per heavy atom. The second-order valence-corrected chi connectivity index (χ2v) is 14.5. The summed E-state index contributed by atoms with van der Waals surface area (Å²) in [5.41, 5.74) is 4.52. The van der Waals surface area contributed by atoms with Crippen LogP contribution in [0.25, 0.3) is 5.69 Å². The molecule has 2 unspecified atom stereocenters. The van der Waals surface area contributed by atoms with E-state index < -0.39 is 10.0 Å². The molecule has 0 saturated carbocycles. The molecular weight excluding hydrogens is 406 g/mol. The van der Waals surface area contributed by atoms with Gasteiger partial charge >= 0.3 is 0 Å². The maximum atomic E-state index is 13.4. The Labute approximate surface area is 187 Å². The molecule has 0 spiro atoms. The SMILES string of the molecule is Cc1c(C(=O)CN2C3CCC2[C@@H](O)C3)cc(CCS(C)(C)C)n1-c1ccc(C#N)cc1. The lowest BCUT2D eigenvalue weighted by molar-refractivity contribution is 0.0873.